The quantitative estimate of drug-likeness (QED) is 0.792. The zero-order valence-corrected chi connectivity index (χ0v) is 14.7. The Balaban J connectivity index is 0.00000176. The number of nitrogens with zero attached hydrogens (tertiary/aromatic N) is 2. The average molecular weight is 327 g/mol. The monoisotopic (exact) mass is 326 g/mol. The van der Waals surface area contributed by atoms with Crippen molar-refractivity contribution in [1.29, 1.82) is 0 Å². The normalized spacial score (nSPS) is 18.9. The Kier molecular flexibility index (Phi) is 5.56. The van der Waals surface area contributed by atoms with Gasteiger partial charge in [0.15, 0.2) is 0 Å². The van der Waals surface area contributed by atoms with Gasteiger partial charge in [-0.05, 0) is 39.2 Å². The maximum Gasteiger partial charge on any atom is 0.340 e. The lowest BCUT2D eigenvalue weighted by Crippen LogP contribution is -2.33. The minimum Gasteiger partial charge on any atom is -0.462 e. The van der Waals surface area contributed by atoms with Crippen molar-refractivity contribution in [2.75, 3.05) is 6.61 Å². The van der Waals surface area contributed by atoms with Gasteiger partial charge in [0, 0.05) is 24.0 Å². The molecule has 5 heteroatoms. The SMILES string of the molecule is CCOC(=O)c1c(C)c2n(c1C)CN(C1CCCCC1)C2.Cl. The fourth-order valence-corrected chi connectivity index (χ4v) is 3.97. The number of hydrogen-bond acceptors (Lipinski definition) is 3. The van der Waals surface area contributed by atoms with Gasteiger partial charge in [-0.1, -0.05) is 19.3 Å². The van der Waals surface area contributed by atoms with Gasteiger partial charge in [0.1, 0.15) is 0 Å². The summed E-state index contributed by atoms with van der Waals surface area (Å²) in [5.41, 5.74) is 4.28. The van der Waals surface area contributed by atoms with Gasteiger partial charge in [0.2, 0.25) is 0 Å². The largest absolute Gasteiger partial charge is 0.462 e. The van der Waals surface area contributed by atoms with E-state index in [4.69, 9.17) is 4.74 Å². The molecule has 0 aromatic carbocycles. The molecule has 0 saturated heterocycles. The minimum atomic E-state index is -0.168. The highest BCUT2D eigenvalue weighted by Gasteiger charge is 2.32. The van der Waals surface area contributed by atoms with Gasteiger partial charge >= 0.3 is 5.97 Å². The molecule has 1 aromatic heterocycles. The van der Waals surface area contributed by atoms with Crippen molar-refractivity contribution < 1.29 is 9.53 Å². The van der Waals surface area contributed by atoms with E-state index >= 15 is 0 Å². The Bertz CT molecular complexity index is 518. The van der Waals surface area contributed by atoms with Crippen molar-refractivity contribution in [2.24, 2.45) is 0 Å². The smallest absolute Gasteiger partial charge is 0.340 e. The zero-order valence-electron chi connectivity index (χ0n) is 13.9. The van der Waals surface area contributed by atoms with Crippen LogP contribution in [0, 0.1) is 13.8 Å². The van der Waals surface area contributed by atoms with Crippen LogP contribution in [0.15, 0.2) is 0 Å². The topological polar surface area (TPSA) is 34.5 Å². The van der Waals surface area contributed by atoms with Crippen molar-refractivity contribution in [3.63, 3.8) is 0 Å². The summed E-state index contributed by atoms with van der Waals surface area (Å²) < 4.78 is 7.52. The molecule has 1 aromatic rings. The predicted octanol–water partition coefficient (Wildman–Crippen LogP) is 3.81. The van der Waals surface area contributed by atoms with Gasteiger partial charge in [0.05, 0.1) is 18.8 Å². The van der Waals surface area contributed by atoms with Crippen LogP contribution in [0.3, 0.4) is 0 Å². The second-order valence-corrected chi connectivity index (χ2v) is 6.36. The van der Waals surface area contributed by atoms with Crippen molar-refractivity contribution in [3.8, 4) is 0 Å². The lowest BCUT2D eigenvalue weighted by molar-refractivity contribution is 0.0523. The van der Waals surface area contributed by atoms with Crippen LogP contribution in [0.1, 0.15) is 66.3 Å². The van der Waals surface area contributed by atoms with Crippen LogP contribution in [-0.2, 0) is 18.0 Å². The van der Waals surface area contributed by atoms with Gasteiger partial charge in [-0.3, -0.25) is 4.90 Å². The van der Waals surface area contributed by atoms with Crippen LogP contribution in [-0.4, -0.2) is 28.1 Å². The summed E-state index contributed by atoms with van der Waals surface area (Å²) in [4.78, 5) is 14.7. The molecule has 1 fully saturated rings. The summed E-state index contributed by atoms with van der Waals surface area (Å²) in [7, 11) is 0. The van der Waals surface area contributed by atoms with Crippen LogP contribution >= 0.6 is 12.4 Å². The summed E-state index contributed by atoms with van der Waals surface area (Å²) in [6.45, 7) is 8.33. The van der Waals surface area contributed by atoms with Gasteiger partial charge in [-0.15, -0.1) is 12.4 Å². The van der Waals surface area contributed by atoms with Crippen LogP contribution in [0.25, 0.3) is 0 Å². The van der Waals surface area contributed by atoms with Gasteiger partial charge in [-0.25, -0.2) is 4.79 Å². The van der Waals surface area contributed by atoms with Crippen LogP contribution in [0.5, 0.6) is 0 Å². The molecule has 0 N–H and O–H groups in total. The molecule has 0 spiro atoms. The zero-order chi connectivity index (χ0) is 15.0. The summed E-state index contributed by atoms with van der Waals surface area (Å²) in [5, 5.41) is 0. The van der Waals surface area contributed by atoms with Gasteiger partial charge in [0.25, 0.3) is 0 Å². The lowest BCUT2D eigenvalue weighted by atomic mass is 9.94. The van der Waals surface area contributed by atoms with E-state index in [1.807, 2.05) is 13.8 Å². The predicted molar refractivity (Wildman–Crippen MR) is 89.5 cm³/mol. The molecule has 1 aliphatic heterocycles. The highest BCUT2D eigenvalue weighted by molar-refractivity contribution is 5.93. The van der Waals surface area contributed by atoms with E-state index in [1.54, 1.807) is 0 Å². The van der Waals surface area contributed by atoms with Crippen LogP contribution in [0.4, 0.5) is 0 Å². The molecule has 4 nitrogen and oxygen atoms in total. The third-order valence-electron chi connectivity index (χ3n) is 5.15. The summed E-state index contributed by atoms with van der Waals surface area (Å²) in [6.07, 6.45) is 6.77. The number of fused-ring (bicyclic) bond motifs is 1. The molecule has 22 heavy (non-hydrogen) atoms. The van der Waals surface area contributed by atoms with Crippen molar-refractivity contribution in [1.82, 2.24) is 9.47 Å². The third kappa shape index (κ3) is 2.91. The standard InChI is InChI=1S/C17H26N2O2.ClH/c1-4-21-17(20)16-12(2)15-10-18(11-19(15)13(16)3)14-8-6-5-7-9-14;/h14H,4-11H2,1-3H3;1H. The van der Waals surface area contributed by atoms with E-state index in [9.17, 15) is 4.79 Å². The summed E-state index contributed by atoms with van der Waals surface area (Å²) in [5.74, 6) is -0.168. The van der Waals surface area contributed by atoms with Gasteiger partial charge < -0.3 is 9.30 Å². The lowest BCUT2D eigenvalue weighted by Gasteiger charge is -2.30. The molecule has 3 rings (SSSR count). The molecule has 124 valence electrons. The van der Waals surface area contributed by atoms with E-state index in [2.05, 4.69) is 16.4 Å². The van der Waals surface area contributed by atoms with Crippen LogP contribution < -0.4 is 0 Å². The number of rotatable bonds is 3. The number of ether oxygens (including phenoxy) is 1. The molecule has 0 atom stereocenters. The van der Waals surface area contributed by atoms with Gasteiger partial charge in [-0.2, -0.15) is 0 Å². The van der Waals surface area contributed by atoms with E-state index in [-0.39, 0.29) is 18.4 Å². The Morgan fingerprint density at radius 3 is 2.50 bits per heavy atom. The number of aromatic nitrogens is 1. The Labute approximate surface area is 139 Å². The summed E-state index contributed by atoms with van der Waals surface area (Å²) in [6, 6.07) is 0.725. The molecular weight excluding hydrogens is 300 g/mol. The summed E-state index contributed by atoms with van der Waals surface area (Å²) >= 11 is 0. The molecular formula is C17H27ClN2O2. The average Bonchev–Trinajstić information content (AvgIpc) is 3.01. The number of esters is 1. The number of hydrogen-bond donors (Lipinski definition) is 0. The maximum atomic E-state index is 12.1. The maximum absolute atomic E-state index is 12.1. The molecule has 0 unspecified atom stereocenters. The Hall–Kier alpha value is -1.00. The Morgan fingerprint density at radius 1 is 1.23 bits per heavy atom. The molecule has 0 radical (unpaired) electrons. The highest BCUT2D eigenvalue weighted by atomic mass is 35.5. The molecule has 0 amide bonds. The highest BCUT2D eigenvalue weighted by Crippen LogP contribution is 2.33. The molecule has 1 aliphatic carbocycles. The van der Waals surface area contributed by atoms with Crippen molar-refractivity contribution in [3.05, 3.63) is 22.5 Å². The van der Waals surface area contributed by atoms with Crippen LogP contribution in [0.2, 0.25) is 0 Å². The van der Waals surface area contributed by atoms with Crippen molar-refractivity contribution in [2.45, 2.75) is 72.1 Å². The molecule has 0 bridgehead atoms. The van der Waals surface area contributed by atoms with E-state index in [0.717, 1.165) is 36.1 Å². The van der Waals surface area contributed by atoms with E-state index in [1.165, 1.54) is 37.8 Å². The molecule has 1 saturated carbocycles. The first kappa shape index (κ1) is 17.4. The number of carbonyl (C=O) groups excluding carboxylic acids is 1. The second-order valence-electron chi connectivity index (χ2n) is 6.36. The molecule has 2 aliphatic rings. The fraction of sp³-hybridized carbons (Fsp3) is 0.706. The second kappa shape index (κ2) is 7.05. The minimum absolute atomic E-state index is 0. The first-order valence-electron chi connectivity index (χ1n) is 8.23. The fourth-order valence-electron chi connectivity index (χ4n) is 3.97. The first-order chi connectivity index (χ1) is 10.1. The van der Waals surface area contributed by atoms with E-state index < -0.39 is 0 Å². The van der Waals surface area contributed by atoms with E-state index in [0.29, 0.717) is 6.61 Å². The third-order valence-corrected chi connectivity index (χ3v) is 5.15. The Morgan fingerprint density at radius 2 is 1.91 bits per heavy atom. The number of carbonyl (C=O) groups is 1. The first-order valence-corrected chi connectivity index (χ1v) is 8.23. The number of halogens is 1. The van der Waals surface area contributed by atoms with Crippen molar-refractivity contribution >= 4 is 18.4 Å². The molecule has 2 heterocycles.